The Morgan fingerprint density at radius 1 is 1.77 bits per heavy atom. The summed E-state index contributed by atoms with van der Waals surface area (Å²) in [4.78, 5) is 4.15. The number of nitrogen functional groups attached to an aromatic ring is 1. The first-order valence-electron chi connectivity index (χ1n) is 4.25. The molecular formula is C8H13N3OS. The predicted molar refractivity (Wildman–Crippen MR) is 54.0 cm³/mol. The number of anilines is 2. The third kappa shape index (κ3) is 1.92. The van der Waals surface area contributed by atoms with Crippen LogP contribution < -0.4 is 11.1 Å². The number of ether oxygens (including phenoxy) is 1. The normalized spacial score (nSPS) is 27.8. The molecule has 1 aliphatic rings. The number of thiazole rings is 1. The largest absolute Gasteiger partial charge is 0.389 e. The van der Waals surface area contributed by atoms with Gasteiger partial charge in [-0.3, -0.25) is 0 Å². The average Bonchev–Trinajstić information content (AvgIpc) is 2.62. The summed E-state index contributed by atoms with van der Waals surface area (Å²) in [7, 11) is 0. The number of rotatable bonds is 2. The molecule has 1 unspecified atom stereocenters. The Labute approximate surface area is 81.1 Å². The Kier molecular flexibility index (Phi) is 2.13. The molecule has 1 aliphatic heterocycles. The summed E-state index contributed by atoms with van der Waals surface area (Å²) in [5.41, 5.74) is 5.61. The Morgan fingerprint density at radius 2 is 2.62 bits per heavy atom. The molecular weight excluding hydrogens is 186 g/mol. The fraction of sp³-hybridized carbons (Fsp3) is 0.625. The van der Waals surface area contributed by atoms with E-state index in [9.17, 15) is 0 Å². The van der Waals surface area contributed by atoms with Gasteiger partial charge in [-0.15, -0.1) is 0 Å². The second-order valence-electron chi connectivity index (χ2n) is 3.56. The molecule has 0 aliphatic carbocycles. The number of hydrogen-bond donors (Lipinski definition) is 2. The van der Waals surface area contributed by atoms with E-state index in [1.807, 2.05) is 0 Å². The molecule has 0 aromatic carbocycles. The van der Waals surface area contributed by atoms with Crippen molar-refractivity contribution in [2.24, 2.45) is 0 Å². The molecule has 1 fully saturated rings. The average molecular weight is 199 g/mol. The number of hydrogen-bond acceptors (Lipinski definition) is 5. The van der Waals surface area contributed by atoms with E-state index in [1.54, 1.807) is 6.20 Å². The monoisotopic (exact) mass is 199 g/mol. The van der Waals surface area contributed by atoms with Gasteiger partial charge in [0.15, 0.2) is 5.13 Å². The molecule has 0 bridgehead atoms. The van der Waals surface area contributed by atoms with Crippen molar-refractivity contribution in [1.29, 1.82) is 0 Å². The lowest BCUT2D eigenvalue weighted by atomic mass is 10.0. The summed E-state index contributed by atoms with van der Waals surface area (Å²) in [6.07, 6.45) is 2.69. The van der Waals surface area contributed by atoms with Crippen LogP contribution in [0.4, 0.5) is 10.1 Å². The number of nitrogens with one attached hydrogen (secondary N) is 1. The highest BCUT2D eigenvalue weighted by Gasteiger charge is 2.30. The van der Waals surface area contributed by atoms with Crippen molar-refractivity contribution in [3.8, 4) is 0 Å². The van der Waals surface area contributed by atoms with Crippen molar-refractivity contribution in [3.63, 3.8) is 0 Å². The summed E-state index contributed by atoms with van der Waals surface area (Å²) < 4.78 is 5.32. The highest BCUT2D eigenvalue weighted by Crippen LogP contribution is 2.27. The Hall–Kier alpha value is -0.810. The maximum absolute atomic E-state index is 5.58. The third-order valence-electron chi connectivity index (χ3n) is 2.15. The second kappa shape index (κ2) is 3.16. The molecule has 2 rings (SSSR count). The van der Waals surface area contributed by atoms with Crippen molar-refractivity contribution in [3.05, 3.63) is 6.20 Å². The van der Waals surface area contributed by atoms with Crippen LogP contribution in [0.5, 0.6) is 0 Å². The van der Waals surface area contributed by atoms with Gasteiger partial charge in [0, 0.05) is 6.61 Å². The van der Waals surface area contributed by atoms with Gasteiger partial charge in [0.25, 0.3) is 0 Å². The molecule has 72 valence electrons. The van der Waals surface area contributed by atoms with Gasteiger partial charge in [-0.1, -0.05) is 11.3 Å². The summed E-state index contributed by atoms with van der Waals surface area (Å²) in [5.74, 6) is 0. The standard InChI is InChI=1S/C8H13N3OS/c1-8(2-3-12-5-8)11-7-10-4-6(9)13-7/h4H,2-3,5,9H2,1H3,(H,10,11). The third-order valence-corrected chi connectivity index (χ3v) is 2.89. The Balaban J connectivity index is 2.04. The Morgan fingerprint density at radius 3 is 3.15 bits per heavy atom. The summed E-state index contributed by atoms with van der Waals surface area (Å²) >= 11 is 1.47. The smallest absolute Gasteiger partial charge is 0.185 e. The van der Waals surface area contributed by atoms with Crippen LogP contribution in [0.2, 0.25) is 0 Å². The van der Waals surface area contributed by atoms with Crippen LogP contribution in [-0.4, -0.2) is 23.7 Å². The van der Waals surface area contributed by atoms with Gasteiger partial charge in [-0.25, -0.2) is 4.98 Å². The maximum Gasteiger partial charge on any atom is 0.185 e. The van der Waals surface area contributed by atoms with Crippen LogP contribution in [0, 0.1) is 0 Å². The van der Waals surface area contributed by atoms with Gasteiger partial charge in [0.2, 0.25) is 0 Å². The lowest BCUT2D eigenvalue weighted by Crippen LogP contribution is -2.34. The van der Waals surface area contributed by atoms with Gasteiger partial charge >= 0.3 is 0 Å². The van der Waals surface area contributed by atoms with E-state index in [0.717, 1.165) is 29.8 Å². The number of aromatic nitrogens is 1. The van der Waals surface area contributed by atoms with Crippen LogP contribution >= 0.6 is 11.3 Å². The molecule has 2 heterocycles. The van der Waals surface area contributed by atoms with Crippen LogP contribution in [0.1, 0.15) is 13.3 Å². The van der Waals surface area contributed by atoms with Crippen molar-refractivity contribution in [2.45, 2.75) is 18.9 Å². The summed E-state index contributed by atoms with van der Waals surface area (Å²) in [5, 5.41) is 4.96. The van der Waals surface area contributed by atoms with E-state index in [1.165, 1.54) is 11.3 Å². The lowest BCUT2D eigenvalue weighted by molar-refractivity contribution is 0.185. The highest BCUT2D eigenvalue weighted by molar-refractivity contribution is 7.19. The first-order chi connectivity index (χ1) is 6.18. The van der Waals surface area contributed by atoms with Crippen LogP contribution in [0.25, 0.3) is 0 Å². The molecule has 3 N–H and O–H groups in total. The molecule has 0 radical (unpaired) electrons. The van der Waals surface area contributed by atoms with Gasteiger partial charge in [-0.2, -0.15) is 0 Å². The fourth-order valence-corrected chi connectivity index (χ4v) is 2.10. The molecule has 5 heteroatoms. The zero-order chi connectivity index (χ0) is 9.31. The van der Waals surface area contributed by atoms with Crippen molar-refractivity contribution in [2.75, 3.05) is 24.3 Å². The molecule has 1 aromatic heterocycles. The number of nitrogens with two attached hydrogens (primary N) is 1. The lowest BCUT2D eigenvalue weighted by Gasteiger charge is -2.22. The van der Waals surface area contributed by atoms with E-state index < -0.39 is 0 Å². The first-order valence-corrected chi connectivity index (χ1v) is 5.07. The topological polar surface area (TPSA) is 60.2 Å². The molecule has 0 spiro atoms. The van der Waals surface area contributed by atoms with E-state index in [-0.39, 0.29) is 5.54 Å². The first kappa shape index (κ1) is 8.77. The second-order valence-corrected chi connectivity index (χ2v) is 4.62. The van der Waals surface area contributed by atoms with E-state index in [0.29, 0.717) is 0 Å². The van der Waals surface area contributed by atoms with E-state index in [4.69, 9.17) is 10.5 Å². The van der Waals surface area contributed by atoms with Gasteiger partial charge in [0.1, 0.15) is 5.00 Å². The maximum atomic E-state index is 5.58. The van der Waals surface area contributed by atoms with Crippen LogP contribution in [0.15, 0.2) is 6.20 Å². The van der Waals surface area contributed by atoms with Gasteiger partial charge in [0.05, 0.1) is 18.3 Å². The molecule has 0 amide bonds. The summed E-state index contributed by atoms with van der Waals surface area (Å²) in [6.45, 7) is 3.70. The van der Waals surface area contributed by atoms with Gasteiger partial charge < -0.3 is 15.8 Å². The summed E-state index contributed by atoms with van der Waals surface area (Å²) in [6, 6.07) is 0. The molecule has 1 saturated heterocycles. The molecule has 13 heavy (non-hydrogen) atoms. The molecule has 0 saturated carbocycles. The van der Waals surface area contributed by atoms with Gasteiger partial charge in [-0.05, 0) is 13.3 Å². The van der Waals surface area contributed by atoms with E-state index in [2.05, 4.69) is 17.2 Å². The van der Waals surface area contributed by atoms with Crippen molar-refractivity contribution < 1.29 is 4.74 Å². The zero-order valence-electron chi connectivity index (χ0n) is 7.54. The molecule has 4 nitrogen and oxygen atoms in total. The number of nitrogens with zero attached hydrogens (tertiary/aromatic N) is 1. The zero-order valence-corrected chi connectivity index (χ0v) is 8.36. The minimum atomic E-state index is 0.0320. The van der Waals surface area contributed by atoms with E-state index >= 15 is 0 Å². The quantitative estimate of drug-likeness (QED) is 0.754. The minimum absolute atomic E-state index is 0.0320. The predicted octanol–water partition coefficient (Wildman–Crippen LogP) is 1.32. The minimum Gasteiger partial charge on any atom is -0.389 e. The molecule has 1 atom stereocenters. The highest BCUT2D eigenvalue weighted by atomic mass is 32.1. The van der Waals surface area contributed by atoms with Crippen LogP contribution in [-0.2, 0) is 4.74 Å². The molecule has 1 aromatic rings. The SMILES string of the molecule is CC1(Nc2ncc(N)s2)CCOC1. The Bertz CT molecular complexity index is 293. The van der Waals surface area contributed by atoms with Crippen molar-refractivity contribution in [1.82, 2.24) is 4.98 Å². The van der Waals surface area contributed by atoms with Crippen LogP contribution in [0.3, 0.4) is 0 Å². The fourth-order valence-electron chi connectivity index (χ4n) is 1.37. The van der Waals surface area contributed by atoms with Crippen molar-refractivity contribution >= 4 is 21.5 Å².